The molecular weight excluding hydrogens is 230 g/mol. The van der Waals surface area contributed by atoms with Crippen molar-refractivity contribution in [3.05, 3.63) is 29.8 Å². The van der Waals surface area contributed by atoms with E-state index < -0.39 is 5.97 Å². The molecule has 1 aromatic rings. The Bertz CT molecular complexity index is 411. The predicted octanol–water partition coefficient (Wildman–Crippen LogP) is 2.25. The Morgan fingerprint density at radius 2 is 2.17 bits per heavy atom. The summed E-state index contributed by atoms with van der Waals surface area (Å²) in [5.74, 6) is -0.258. The number of carboxylic acid groups (broad SMARTS) is 1. The van der Waals surface area contributed by atoms with Crippen LogP contribution in [-0.2, 0) is 0 Å². The number of nitrogens with zero attached hydrogens (tertiary/aromatic N) is 1. The summed E-state index contributed by atoms with van der Waals surface area (Å²) in [6.45, 7) is 5.36. The molecule has 4 heteroatoms. The summed E-state index contributed by atoms with van der Waals surface area (Å²) in [5.41, 5.74) is 0.276. The maximum absolute atomic E-state index is 10.9. The molecule has 98 valence electrons. The van der Waals surface area contributed by atoms with E-state index in [0.29, 0.717) is 5.75 Å². The monoisotopic (exact) mass is 249 g/mol. The van der Waals surface area contributed by atoms with Gasteiger partial charge in [-0.15, -0.1) is 0 Å². The molecule has 1 saturated heterocycles. The maximum atomic E-state index is 10.9. The standard InChI is InChI=1S/C14H19NO3/c1-2-15-8-6-12(7-9-15)18-13-5-3-4-11(10-13)14(16)17/h3-5,10,12H,2,6-9H2,1H3,(H,16,17). The van der Waals surface area contributed by atoms with Crippen molar-refractivity contribution in [2.45, 2.75) is 25.9 Å². The van der Waals surface area contributed by atoms with Gasteiger partial charge in [-0.25, -0.2) is 4.79 Å². The van der Waals surface area contributed by atoms with Gasteiger partial charge in [0, 0.05) is 13.1 Å². The fraction of sp³-hybridized carbons (Fsp3) is 0.500. The highest BCUT2D eigenvalue weighted by Crippen LogP contribution is 2.20. The van der Waals surface area contributed by atoms with Crippen LogP contribution in [0.25, 0.3) is 0 Å². The fourth-order valence-corrected chi connectivity index (χ4v) is 2.24. The molecule has 1 heterocycles. The van der Waals surface area contributed by atoms with Crippen LogP contribution in [0.2, 0.25) is 0 Å². The van der Waals surface area contributed by atoms with Gasteiger partial charge < -0.3 is 14.7 Å². The molecular formula is C14H19NO3. The van der Waals surface area contributed by atoms with Crippen LogP contribution in [0.1, 0.15) is 30.1 Å². The first kappa shape index (κ1) is 12.9. The zero-order valence-corrected chi connectivity index (χ0v) is 10.6. The molecule has 0 amide bonds. The Morgan fingerprint density at radius 1 is 1.44 bits per heavy atom. The van der Waals surface area contributed by atoms with Crippen molar-refractivity contribution in [1.82, 2.24) is 4.90 Å². The summed E-state index contributed by atoms with van der Waals surface area (Å²) in [6.07, 6.45) is 2.22. The Balaban J connectivity index is 1.94. The van der Waals surface area contributed by atoms with Crippen LogP contribution >= 0.6 is 0 Å². The summed E-state index contributed by atoms with van der Waals surface area (Å²) >= 11 is 0. The highest BCUT2D eigenvalue weighted by molar-refractivity contribution is 5.87. The van der Waals surface area contributed by atoms with Gasteiger partial charge in [-0.1, -0.05) is 13.0 Å². The third-order valence-corrected chi connectivity index (χ3v) is 3.37. The summed E-state index contributed by atoms with van der Waals surface area (Å²) in [6, 6.07) is 6.71. The number of aromatic carboxylic acids is 1. The van der Waals surface area contributed by atoms with Gasteiger partial charge in [-0.3, -0.25) is 0 Å². The smallest absolute Gasteiger partial charge is 0.335 e. The molecule has 1 N–H and O–H groups in total. The predicted molar refractivity (Wildman–Crippen MR) is 69.2 cm³/mol. The van der Waals surface area contributed by atoms with Gasteiger partial charge >= 0.3 is 5.97 Å². The van der Waals surface area contributed by atoms with Crippen LogP contribution in [0.3, 0.4) is 0 Å². The minimum atomic E-state index is -0.916. The molecule has 18 heavy (non-hydrogen) atoms. The average Bonchev–Trinajstić information content (AvgIpc) is 2.40. The van der Waals surface area contributed by atoms with Crippen molar-refractivity contribution in [3.63, 3.8) is 0 Å². The van der Waals surface area contributed by atoms with Crippen molar-refractivity contribution in [1.29, 1.82) is 0 Å². The maximum Gasteiger partial charge on any atom is 0.335 e. The van der Waals surface area contributed by atoms with E-state index in [1.165, 1.54) is 0 Å². The summed E-state index contributed by atoms with van der Waals surface area (Å²) in [4.78, 5) is 13.3. The molecule has 0 unspecified atom stereocenters. The van der Waals surface area contributed by atoms with Crippen LogP contribution in [-0.4, -0.2) is 41.7 Å². The number of carboxylic acids is 1. The number of benzene rings is 1. The lowest BCUT2D eigenvalue weighted by molar-refractivity contribution is 0.0694. The lowest BCUT2D eigenvalue weighted by Crippen LogP contribution is -2.37. The van der Waals surface area contributed by atoms with Gasteiger partial charge in [0.05, 0.1) is 5.56 Å². The van der Waals surface area contributed by atoms with E-state index >= 15 is 0 Å². The highest BCUT2D eigenvalue weighted by Gasteiger charge is 2.19. The van der Waals surface area contributed by atoms with Gasteiger partial charge in [-0.2, -0.15) is 0 Å². The third kappa shape index (κ3) is 3.23. The van der Waals surface area contributed by atoms with Gasteiger partial charge in [0.15, 0.2) is 0 Å². The lowest BCUT2D eigenvalue weighted by atomic mass is 10.1. The summed E-state index contributed by atoms with van der Waals surface area (Å²) < 4.78 is 5.85. The quantitative estimate of drug-likeness (QED) is 0.889. The Kier molecular flexibility index (Phi) is 4.20. The molecule has 0 atom stereocenters. The van der Waals surface area contributed by atoms with E-state index in [-0.39, 0.29) is 11.7 Å². The number of hydrogen-bond donors (Lipinski definition) is 1. The minimum absolute atomic E-state index is 0.205. The molecule has 4 nitrogen and oxygen atoms in total. The SMILES string of the molecule is CCN1CCC(Oc2cccc(C(=O)O)c2)CC1. The second-order valence-electron chi connectivity index (χ2n) is 4.58. The lowest BCUT2D eigenvalue weighted by Gasteiger charge is -2.31. The molecule has 1 aromatic carbocycles. The topological polar surface area (TPSA) is 49.8 Å². The number of ether oxygens (including phenoxy) is 1. The van der Waals surface area contributed by atoms with E-state index in [1.807, 2.05) is 6.07 Å². The van der Waals surface area contributed by atoms with Crippen LogP contribution in [0.4, 0.5) is 0 Å². The van der Waals surface area contributed by atoms with E-state index in [0.717, 1.165) is 32.5 Å². The van der Waals surface area contributed by atoms with Crippen molar-refractivity contribution in [3.8, 4) is 5.75 Å². The van der Waals surface area contributed by atoms with Crippen LogP contribution < -0.4 is 4.74 Å². The zero-order valence-electron chi connectivity index (χ0n) is 10.6. The van der Waals surface area contributed by atoms with Gasteiger partial charge in [0.1, 0.15) is 11.9 Å². The summed E-state index contributed by atoms with van der Waals surface area (Å²) in [5, 5.41) is 8.92. The number of likely N-dealkylation sites (tertiary alicyclic amines) is 1. The van der Waals surface area contributed by atoms with Crippen molar-refractivity contribution >= 4 is 5.97 Å². The van der Waals surface area contributed by atoms with Crippen molar-refractivity contribution in [2.24, 2.45) is 0 Å². The Hall–Kier alpha value is -1.55. The van der Waals surface area contributed by atoms with Crippen molar-refractivity contribution in [2.75, 3.05) is 19.6 Å². The molecule has 0 spiro atoms. The van der Waals surface area contributed by atoms with E-state index in [1.54, 1.807) is 18.2 Å². The second-order valence-corrected chi connectivity index (χ2v) is 4.58. The van der Waals surface area contributed by atoms with Gasteiger partial charge in [0.25, 0.3) is 0 Å². The Labute approximate surface area is 107 Å². The minimum Gasteiger partial charge on any atom is -0.490 e. The largest absolute Gasteiger partial charge is 0.490 e. The van der Waals surface area contributed by atoms with Crippen LogP contribution in [0.15, 0.2) is 24.3 Å². The van der Waals surface area contributed by atoms with Gasteiger partial charge in [0.2, 0.25) is 0 Å². The van der Waals surface area contributed by atoms with E-state index in [4.69, 9.17) is 9.84 Å². The first-order valence-electron chi connectivity index (χ1n) is 6.41. The molecule has 2 rings (SSSR count). The molecule has 0 aromatic heterocycles. The number of rotatable bonds is 4. The van der Waals surface area contributed by atoms with Gasteiger partial charge in [-0.05, 0) is 37.6 Å². The third-order valence-electron chi connectivity index (χ3n) is 3.37. The fourth-order valence-electron chi connectivity index (χ4n) is 2.24. The van der Waals surface area contributed by atoms with Crippen LogP contribution in [0.5, 0.6) is 5.75 Å². The molecule has 1 fully saturated rings. The average molecular weight is 249 g/mol. The normalized spacial score (nSPS) is 17.6. The zero-order chi connectivity index (χ0) is 13.0. The molecule has 0 saturated carbocycles. The molecule has 1 aliphatic rings. The number of piperidine rings is 1. The summed E-state index contributed by atoms with van der Waals surface area (Å²) in [7, 11) is 0. The molecule has 0 bridgehead atoms. The first-order chi connectivity index (χ1) is 8.69. The molecule has 1 aliphatic heterocycles. The van der Waals surface area contributed by atoms with Crippen LogP contribution in [0, 0.1) is 0 Å². The first-order valence-corrected chi connectivity index (χ1v) is 6.41. The van der Waals surface area contributed by atoms with Crippen molar-refractivity contribution < 1.29 is 14.6 Å². The van der Waals surface area contributed by atoms with E-state index in [9.17, 15) is 4.79 Å². The van der Waals surface area contributed by atoms with E-state index in [2.05, 4.69) is 11.8 Å². The number of carbonyl (C=O) groups is 1. The molecule has 0 radical (unpaired) electrons. The number of hydrogen-bond acceptors (Lipinski definition) is 3. The molecule has 0 aliphatic carbocycles. The second kappa shape index (κ2) is 5.87. The highest BCUT2D eigenvalue weighted by atomic mass is 16.5. The Morgan fingerprint density at radius 3 is 2.78 bits per heavy atom.